The summed E-state index contributed by atoms with van der Waals surface area (Å²) in [6.45, 7) is 3.53. The minimum atomic E-state index is -0.199. The molecule has 60 valence electrons. The Hall–Kier alpha value is -1.09. The van der Waals surface area contributed by atoms with Crippen molar-refractivity contribution >= 4 is 0 Å². The lowest BCUT2D eigenvalue weighted by atomic mass is 10.2. The Kier molecular flexibility index (Phi) is 2.10. The number of aliphatic hydroxyl groups is 1. The molecule has 0 spiro atoms. The molecule has 0 aromatic carbocycles. The zero-order valence-electron chi connectivity index (χ0n) is 6.64. The number of hydrogen-bond donors (Lipinski definition) is 2. The van der Waals surface area contributed by atoms with Gasteiger partial charge in [-0.15, -0.1) is 0 Å². The van der Waals surface area contributed by atoms with E-state index in [-0.39, 0.29) is 12.2 Å². The zero-order valence-corrected chi connectivity index (χ0v) is 6.64. The second-order valence-electron chi connectivity index (χ2n) is 2.59. The number of H-pyrrole nitrogens is 1. The average Bonchev–Trinajstić information content (AvgIpc) is 1.97. The van der Waals surface area contributed by atoms with Crippen LogP contribution in [-0.2, 0) is 6.61 Å². The Morgan fingerprint density at radius 3 is 2.73 bits per heavy atom. The molecule has 0 aliphatic rings. The summed E-state index contributed by atoms with van der Waals surface area (Å²) < 4.78 is 0. The molecule has 0 aliphatic heterocycles. The summed E-state index contributed by atoms with van der Waals surface area (Å²) in [7, 11) is 0. The molecule has 3 nitrogen and oxygen atoms in total. The van der Waals surface area contributed by atoms with Gasteiger partial charge in [0.15, 0.2) is 0 Å². The molecule has 0 amide bonds. The fourth-order valence-corrected chi connectivity index (χ4v) is 0.902. The van der Waals surface area contributed by atoms with Gasteiger partial charge < -0.3 is 10.1 Å². The van der Waals surface area contributed by atoms with Crippen LogP contribution in [0.1, 0.15) is 16.8 Å². The van der Waals surface area contributed by atoms with Crippen molar-refractivity contribution in [3.8, 4) is 0 Å². The molecule has 0 aliphatic carbocycles. The second-order valence-corrected chi connectivity index (χ2v) is 2.59. The van der Waals surface area contributed by atoms with Gasteiger partial charge in [0.2, 0.25) is 0 Å². The van der Waals surface area contributed by atoms with Crippen molar-refractivity contribution < 1.29 is 5.11 Å². The first-order valence-corrected chi connectivity index (χ1v) is 3.45. The highest BCUT2D eigenvalue weighted by Gasteiger charge is 1.99. The molecule has 3 heteroatoms. The summed E-state index contributed by atoms with van der Waals surface area (Å²) in [6.07, 6.45) is 0. The van der Waals surface area contributed by atoms with E-state index in [1.54, 1.807) is 6.07 Å². The largest absolute Gasteiger partial charge is 0.391 e. The van der Waals surface area contributed by atoms with Crippen LogP contribution in [0.15, 0.2) is 10.9 Å². The van der Waals surface area contributed by atoms with E-state index in [0.717, 1.165) is 11.3 Å². The predicted octanol–water partition coefficient (Wildman–Crippen LogP) is 0.484. The van der Waals surface area contributed by atoms with Gasteiger partial charge in [-0.1, -0.05) is 0 Å². The Balaban J connectivity index is 3.32. The molecule has 1 aromatic heterocycles. The molecule has 0 radical (unpaired) electrons. The van der Waals surface area contributed by atoms with Crippen LogP contribution in [0.5, 0.6) is 0 Å². The summed E-state index contributed by atoms with van der Waals surface area (Å²) in [5.74, 6) is 0. The molecule has 1 rings (SSSR count). The number of pyridine rings is 1. The molecule has 0 unspecified atom stereocenters. The van der Waals surface area contributed by atoms with Crippen molar-refractivity contribution in [3.63, 3.8) is 0 Å². The Bertz CT molecular complexity index is 314. The lowest BCUT2D eigenvalue weighted by molar-refractivity contribution is 0.280. The number of aliphatic hydroxyl groups excluding tert-OH is 1. The van der Waals surface area contributed by atoms with E-state index in [2.05, 4.69) is 4.98 Å². The Labute approximate surface area is 64.7 Å². The van der Waals surface area contributed by atoms with Crippen molar-refractivity contribution in [2.75, 3.05) is 0 Å². The minimum absolute atomic E-state index is 0.198. The van der Waals surface area contributed by atoms with Crippen molar-refractivity contribution in [1.29, 1.82) is 0 Å². The summed E-state index contributed by atoms with van der Waals surface area (Å²) in [5.41, 5.74) is 2.07. The number of nitrogens with one attached hydrogen (secondary N) is 1. The summed E-state index contributed by atoms with van der Waals surface area (Å²) in [6, 6.07) is 1.70. The van der Waals surface area contributed by atoms with E-state index in [1.807, 2.05) is 13.8 Å². The summed E-state index contributed by atoms with van der Waals surface area (Å²) >= 11 is 0. The lowest BCUT2D eigenvalue weighted by Crippen LogP contribution is -2.14. The molecule has 0 saturated carbocycles. The maximum absolute atomic E-state index is 11.0. The van der Waals surface area contributed by atoms with Crippen molar-refractivity contribution in [2.45, 2.75) is 20.5 Å². The Morgan fingerprint density at radius 2 is 2.18 bits per heavy atom. The first-order chi connectivity index (χ1) is 5.15. The van der Waals surface area contributed by atoms with Gasteiger partial charge in [-0.2, -0.15) is 0 Å². The summed E-state index contributed by atoms with van der Waals surface area (Å²) in [5, 5.41) is 8.71. The quantitative estimate of drug-likeness (QED) is 0.616. The first-order valence-electron chi connectivity index (χ1n) is 3.45. The van der Waals surface area contributed by atoms with Crippen LogP contribution >= 0.6 is 0 Å². The van der Waals surface area contributed by atoms with Gasteiger partial charge in [0.05, 0.1) is 6.61 Å². The van der Waals surface area contributed by atoms with Crippen LogP contribution < -0.4 is 5.56 Å². The maximum Gasteiger partial charge on any atom is 0.253 e. The maximum atomic E-state index is 11.0. The van der Waals surface area contributed by atoms with Crippen molar-refractivity contribution in [1.82, 2.24) is 4.98 Å². The van der Waals surface area contributed by atoms with Crippen LogP contribution in [0.3, 0.4) is 0 Å². The highest BCUT2D eigenvalue weighted by molar-refractivity contribution is 5.22. The van der Waals surface area contributed by atoms with E-state index in [1.165, 1.54) is 0 Å². The standard InChI is InChI=1S/C8H11NO2/c1-5-3-7(4-10)8(11)9-6(5)2/h3,10H,4H2,1-2H3,(H,9,11). The van der Waals surface area contributed by atoms with Gasteiger partial charge >= 0.3 is 0 Å². The molecule has 2 N–H and O–H groups in total. The predicted molar refractivity (Wildman–Crippen MR) is 42.5 cm³/mol. The van der Waals surface area contributed by atoms with E-state index >= 15 is 0 Å². The van der Waals surface area contributed by atoms with Crippen LogP contribution in [0, 0.1) is 13.8 Å². The van der Waals surface area contributed by atoms with Crippen molar-refractivity contribution in [2.24, 2.45) is 0 Å². The molecule has 0 atom stereocenters. The number of rotatable bonds is 1. The lowest BCUT2D eigenvalue weighted by Gasteiger charge is -2.00. The average molecular weight is 153 g/mol. The highest BCUT2D eigenvalue weighted by Crippen LogP contribution is 2.01. The van der Waals surface area contributed by atoms with Crippen LogP contribution in [-0.4, -0.2) is 10.1 Å². The number of aryl methyl sites for hydroxylation is 2. The van der Waals surface area contributed by atoms with Gasteiger partial charge in [-0.3, -0.25) is 4.79 Å². The van der Waals surface area contributed by atoms with E-state index in [9.17, 15) is 4.79 Å². The fraction of sp³-hybridized carbons (Fsp3) is 0.375. The zero-order chi connectivity index (χ0) is 8.43. The topological polar surface area (TPSA) is 53.1 Å². The van der Waals surface area contributed by atoms with Gasteiger partial charge in [-0.25, -0.2) is 0 Å². The molecule has 0 bridgehead atoms. The number of aromatic nitrogens is 1. The third-order valence-corrected chi connectivity index (χ3v) is 1.75. The van der Waals surface area contributed by atoms with Crippen LogP contribution in [0.2, 0.25) is 0 Å². The molecule has 0 fully saturated rings. The fourth-order valence-electron chi connectivity index (χ4n) is 0.902. The monoisotopic (exact) mass is 153 g/mol. The molecular formula is C8H11NO2. The molecule has 1 heterocycles. The molecule has 11 heavy (non-hydrogen) atoms. The second kappa shape index (κ2) is 2.88. The van der Waals surface area contributed by atoms with E-state index in [0.29, 0.717) is 5.56 Å². The minimum Gasteiger partial charge on any atom is -0.391 e. The molecule has 1 aromatic rings. The smallest absolute Gasteiger partial charge is 0.253 e. The Morgan fingerprint density at radius 1 is 1.55 bits per heavy atom. The van der Waals surface area contributed by atoms with Gasteiger partial charge in [0, 0.05) is 11.3 Å². The number of aromatic amines is 1. The normalized spacial score (nSPS) is 10.1. The van der Waals surface area contributed by atoms with Gasteiger partial charge in [0.1, 0.15) is 0 Å². The van der Waals surface area contributed by atoms with E-state index < -0.39 is 0 Å². The first kappa shape index (κ1) is 8.01. The third kappa shape index (κ3) is 1.49. The molecule has 0 saturated heterocycles. The number of hydrogen-bond acceptors (Lipinski definition) is 2. The van der Waals surface area contributed by atoms with E-state index in [4.69, 9.17) is 5.11 Å². The molecular weight excluding hydrogens is 142 g/mol. The van der Waals surface area contributed by atoms with Crippen LogP contribution in [0.25, 0.3) is 0 Å². The van der Waals surface area contributed by atoms with Crippen LogP contribution in [0.4, 0.5) is 0 Å². The third-order valence-electron chi connectivity index (χ3n) is 1.75. The van der Waals surface area contributed by atoms with Gasteiger partial charge in [-0.05, 0) is 25.5 Å². The highest BCUT2D eigenvalue weighted by atomic mass is 16.3. The van der Waals surface area contributed by atoms with Gasteiger partial charge in [0.25, 0.3) is 5.56 Å². The van der Waals surface area contributed by atoms with Crippen molar-refractivity contribution in [3.05, 3.63) is 33.2 Å². The SMILES string of the molecule is Cc1cc(CO)c(=O)[nH]c1C. The summed E-state index contributed by atoms with van der Waals surface area (Å²) in [4.78, 5) is 13.7.